The van der Waals surface area contributed by atoms with Crippen molar-refractivity contribution in [3.05, 3.63) is 70.0 Å². The van der Waals surface area contributed by atoms with E-state index in [1.807, 2.05) is 0 Å². The summed E-state index contributed by atoms with van der Waals surface area (Å²) in [6, 6.07) is 7.19. The van der Waals surface area contributed by atoms with Gasteiger partial charge in [-0.05, 0) is 66.6 Å². The molecule has 2 saturated heterocycles. The summed E-state index contributed by atoms with van der Waals surface area (Å²) in [5, 5.41) is 2.26. The van der Waals surface area contributed by atoms with Crippen molar-refractivity contribution in [1.82, 2.24) is 15.1 Å². The van der Waals surface area contributed by atoms with E-state index in [2.05, 4.69) is 5.32 Å². The highest BCUT2D eigenvalue weighted by molar-refractivity contribution is 6.06. The number of amides is 4. The molecule has 11 heteroatoms. The third kappa shape index (κ3) is 3.95. The van der Waals surface area contributed by atoms with Gasteiger partial charge in [0.2, 0.25) is 11.8 Å². The molecule has 38 heavy (non-hydrogen) atoms. The number of piperidine rings is 1. The van der Waals surface area contributed by atoms with Crippen LogP contribution < -0.4 is 5.32 Å². The lowest BCUT2D eigenvalue weighted by atomic mass is 9.56. The molecule has 6 rings (SSSR count). The molecule has 3 aliphatic heterocycles. The fourth-order valence-electron chi connectivity index (χ4n) is 6.29. The molecule has 0 bridgehead atoms. The van der Waals surface area contributed by atoms with Gasteiger partial charge >= 0.3 is 6.18 Å². The number of carbonyl (C=O) groups is 4. The van der Waals surface area contributed by atoms with Crippen molar-refractivity contribution in [2.45, 2.75) is 50.4 Å². The second-order valence-electron chi connectivity index (χ2n) is 10.8. The second-order valence-corrected chi connectivity index (χ2v) is 10.8. The first-order valence-electron chi connectivity index (χ1n) is 12.4. The van der Waals surface area contributed by atoms with E-state index in [1.54, 1.807) is 23.1 Å². The van der Waals surface area contributed by atoms with Crippen LogP contribution in [0.3, 0.4) is 0 Å². The Kier molecular flexibility index (Phi) is 5.41. The normalized spacial score (nSPS) is 22.7. The molecular weight excluding hydrogens is 506 g/mol. The highest BCUT2D eigenvalue weighted by Crippen LogP contribution is 2.56. The van der Waals surface area contributed by atoms with Gasteiger partial charge in [-0.15, -0.1) is 0 Å². The van der Waals surface area contributed by atoms with Gasteiger partial charge in [0, 0.05) is 42.6 Å². The predicted octanol–water partition coefficient (Wildman–Crippen LogP) is 3.63. The van der Waals surface area contributed by atoms with Crippen molar-refractivity contribution in [2.75, 3.05) is 13.1 Å². The van der Waals surface area contributed by atoms with E-state index in [0.29, 0.717) is 48.2 Å². The van der Waals surface area contributed by atoms with Crippen LogP contribution in [-0.2, 0) is 22.3 Å². The van der Waals surface area contributed by atoms with E-state index in [1.165, 1.54) is 11.0 Å². The molecule has 4 amide bonds. The van der Waals surface area contributed by atoms with Crippen molar-refractivity contribution in [3.8, 4) is 0 Å². The van der Waals surface area contributed by atoms with Crippen LogP contribution in [0.5, 0.6) is 0 Å². The monoisotopic (exact) mass is 529 g/mol. The van der Waals surface area contributed by atoms with Crippen molar-refractivity contribution in [2.24, 2.45) is 5.41 Å². The van der Waals surface area contributed by atoms with Crippen LogP contribution in [-0.4, -0.2) is 52.6 Å². The van der Waals surface area contributed by atoms with Gasteiger partial charge in [-0.25, -0.2) is 4.39 Å². The van der Waals surface area contributed by atoms with Crippen LogP contribution in [0.1, 0.15) is 69.0 Å². The number of alkyl halides is 3. The smallest absolute Gasteiger partial charge is 0.337 e. The molecule has 7 nitrogen and oxygen atoms in total. The first kappa shape index (κ1) is 24.6. The summed E-state index contributed by atoms with van der Waals surface area (Å²) >= 11 is 0. The number of carbonyl (C=O) groups excluding carboxylic acids is 4. The van der Waals surface area contributed by atoms with Gasteiger partial charge < -0.3 is 9.80 Å². The molecule has 2 aromatic carbocycles. The fourth-order valence-corrected chi connectivity index (χ4v) is 6.29. The number of fused-ring (bicyclic) bond motifs is 1. The quantitative estimate of drug-likeness (QED) is 0.486. The standard InChI is InChI=1S/C27H23F4N3O4/c28-20-8-14(2-4-19(20)27(29,30)31)17-9-26(10-17)12-33(13-26)24(37)15-1-3-18-16(7-15)11-34(25(18)38)21-5-6-22(35)32-23(21)36/h1-4,7-8,17,21H,5-6,9-13H2,(H,32,35,36). The number of nitrogens with one attached hydrogen (secondary N) is 1. The van der Waals surface area contributed by atoms with Gasteiger partial charge in [0.25, 0.3) is 11.8 Å². The third-order valence-corrected chi connectivity index (χ3v) is 8.24. The summed E-state index contributed by atoms with van der Waals surface area (Å²) in [5.74, 6) is -2.67. The zero-order valence-corrected chi connectivity index (χ0v) is 20.1. The first-order valence-corrected chi connectivity index (χ1v) is 12.4. The average Bonchev–Trinajstić information content (AvgIpc) is 3.12. The Morgan fingerprint density at radius 2 is 1.76 bits per heavy atom. The zero-order chi connectivity index (χ0) is 27.0. The summed E-state index contributed by atoms with van der Waals surface area (Å²) in [6.07, 6.45) is -2.98. The molecule has 0 aromatic heterocycles. The van der Waals surface area contributed by atoms with Gasteiger partial charge in [-0.2, -0.15) is 13.2 Å². The first-order chi connectivity index (χ1) is 17.9. The zero-order valence-electron chi connectivity index (χ0n) is 20.1. The maximum absolute atomic E-state index is 14.0. The maximum Gasteiger partial charge on any atom is 0.419 e. The van der Waals surface area contributed by atoms with Gasteiger partial charge in [0.15, 0.2) is 0 Å². The molecule has 1 atom stereocenters. The molecule has 1 aliphatic carbocycles. The Morgan fingerprint density at radius 1 is 1.03 bits per heavy atom. The Morgan fingerprint density at radius 3 is 2.42 bits per heavy atom. The lowest BCUT2D eigenvalue weighted by molar-refractivity contribution is -0.140. The highest BCUT2D eigenvalue weighted by Gasteiger charge is 2.54. The number of halogens is 4. The average molecular weight is 529 g/mol. The minimum Gasteiger partial charge on any atom is -0.337 e. The van der Waals surface area contributed by atoms with E-state index in [9.17, 15) is 36.7 Å². The number of nitrogens with zero attached hydrogens (tertiary/aromatic N) is 2. The molecule has 1 spiro atoms. The highest BCUT2D eigenvalue weighted by atomic mass is 19.4. The summed E-state index contributed by atoms with van der Waals surface area (Å²) < 4.78 is 52.4. The lowest BCUT2D eigenvalue weighted by Gasteiger charge is -2.59. The minimum atomic E-state index is -4.73. The van der Waals surface area contributed by atoms with Crippen LogP contribution >= 0.6 is 0 Å². The van der Waals surface area contributed by atoms with Crippen LogP contribution in [0.2, 0.25) is 0 Å². The largest absolute Gasteiger partial charge is 0.419 e. The molecular formula is C27H23F4N3O4. The fraction of sp³-hybridized carbons (Fsp3) is 0.407. The van der Waals surface area contributed by atoms with Crippen LogP contribution in [0.15, 0.2) is 36.4 Å². The Labute approximate surface area is 214 Å². The minimum absolute atomic E-state index is 0.0479. The van der Waals surface area contributed by atoms with Crippen molar-refractivity contribution < 1.29 is 36.7 Å². The van der Waals surface area contributed by atoms with Gasteiger partial charge in [-0.1, -0.05) is 6.07 Å². The molecule has 3 heterocycles. The number of likely N-dealkylation sites (tertiary alicyclic amines) is 1. The van der Waals surface area contributed by atoms with E-state index >= 15 is 0 Å². The molecule has 1 unspecified atom stereocenters. The SMILES string of the molecule is O=C1CCC(N2Cc3cc(C(=O)N4CC5(CC(c6ccc(C(F)(F)F)c(F)c6)C5)C4)ccc3C2=O)C(=O)N1. The van der Waals surface area contributed by atoms with E-state index in [4.69, 9.17) is 0 Å². The molecule has 4 aliphatic rings. The number of hydrogen-bond acceptors (Lipinski definition) is 4. The third-order valence-electron chi connectivity index (χ3n) is 8.24. The maximum atomic E-state index is 14.0. The Balaban J connectivity index is 1.07. The molecule has 3 fully saturated rings. The lowest BCUT2D eigenvalue weighted by Crippen LogP contribution is -2.63. The van der Waals surface area contributed by atoms with Crippen molar-refractivity contribution in [3.63, 3.8) is 0 Å². The number of rotatable bonds is 3. The van der Waals surface area contributed by atoms with Gasteiger partial charge in [-0.3, -0.25) is 24.5 Å². The van der Waals surface area contributed by atoms with Gasteiger partial charge in [0.05, 0.1) is 5.56 Å². The van der Waals surface area contributed by atoms with Crippen molar-refractivity contribution in [1.29, 1.82) is 0 Å². The van der Waals surface area contributed by atoms with E-state index in [0.717, 1.165) is 12.1 Å². The van der Waals surface area contributed by atoms with Crippen LogP contribution in [0, 0.1) is 11.2 Å². The molecule has 1 N–H and O–H groups in total. The number of hydrogen-bond donors (Lipinski definition) is 1. The number of imide groups is 1. The summed E-state index contributed by atoms with van der Waals surface area (Å²) in [6.45, 7) is 1.19. The molecule has 198 valence electrons. The Bertz CT molecular complexity index is 1390. The molecule has 0 radical (unpaired) electrons. The topological polar surface area (TPSA) is 86.8 Å². The predicted molar refractivity (Wildman–Crippen MR) is 124 cm³/mol. The van der Waals surface area contributed by atoms with Crippen molar-refractivity contribution >= 4 is 23.6 Å². The summed E-state index contributed by atoms with van der Waals surface area (Å²) in [5.41, 5.74) is 0.652. The summed E-state index contributed by atoms with van der Waals surface area (Å²) in [7, 11) is 0. The van der Waals surface area contributed by atoms with Crippen LogP contribution in [0.25, 0.3) is 0 Å². The summed E-state index contributed by atoms with van der Waals surface area (Å²) in [4.78, 5) is 52.8. The van der Waals surface area contributed by atoms with Crippen LogP contribution in [0.4, 0.5) is 17.6 Å². The van der Waals surface area contributed by atoms with E-state index in [-0.39, 0.29) is 48.4 Å². The van der Waals surface area contributed by atoms with E-state index < -0.39 is 29.5 Å². The number of benzene rings is 2. The Hall–Kier alpha value is -3.76. The second kappa shape index (κ2) is 8.37. The molecule has 1 saturated carbocycles. The van der Waals surface area contributed by atoms with Gasteiger partial charge in [0.1, 0.15) is 11.9 Å². The molecule has 2 aromatic rings.